The molecule has 1 rings (SSSR count). The zero-order valence-electron chi connectivity index (χ0n) is 5.07. The predicted molar refractivity (Wildman–Crippen MR) is 36.7 cm³/mol. The Bertz CT molecular complexity index is 260. The van der Waals surface area contributed by atoms with Gasteiger partial charge in [-0.2, -0.15) is 5.26 Å². The molecule has 0 aliphatic rings. The van der Waals surface area contributed by atoms with E-state index in [2.05, 4.69) is 4.37 Å². The monoisotopic (exact) mass is 152 g/mol. The number of carbonyl (C=O) groups is 1. The van der Waals surface area contributed by atoms with Crippen LogP contribution in [0.15, 0.2) is 12.3 Å². The zero-order chi connectivity index (χ0) is 7.40. The van der Waals surface area contributed by atoms with Crippen LogP contribution < -0.4 is 0 Å². The van der Waals surface area contributed by atoms with Gasteiger partial charge in [-0.15, -0.1) is 0 Å². The molecule has 0 amide bonds. The van der Waals surface area contributed by atoms with E-state index in [0.717, 1.165) is 11.5 Å². The molecule has 0 aliphatic carbocycles. The highest BCUT2D eigenvalue weighted by Gasteiger charge is 2.04. The molecule has 0 saturated carbocycles. The summed E-state index contributed by atoms with van der Waals surface area (Å²) in [6.07, 6.45) is 1.50. The van der Waals surface area contributed by atoms with Crippen LogP contribution in [-0.4, -0.2) is 10.2 Å². The number of rotatable bonds is 2. The maximum atomic E-state index is 10.9. The molecule has 0 aliphatic heterocycles. The van der Waals surface area contributed by atoms with Crippen molar-refractivity contribution >= 4 is 17.3 Å². The Morgan fingerprint density at radius 2 is 2.70 bits per heavy atom. The molecule has 0 fully saturated rings. The van der Waals surface area contributed by atoms with E-state index >= 15 is 0 Å². The standard InChI is InChI=1S/C6H4N2OS/c7-3-1-5(9)6-2-4-8-10-6/h2,4H,1H2. The Labute approximate surface area is 62.1 Å². The summed E-state index contributed by atoms with van der Waals surface area (Å²) >= 11 is 1.12. The summed E-state index contributed by atoms with van der Waals surface area (Å²) < 4.78 is 3.74. The van der Waals surface area contributed by atoms with E-state index < -0.39 is 0 Å². The van der Waals surface area contributed by atoms with Crippen molar-refractivity contribution in [2.45, 2.75) is 6.42 Å². The largest absolute Gasteiger partial charge is 0.292 e. The van der Waals surface area contributed by atoms with Crippen molar-refractivity contribution in [2.75, 3.05) is 0 Å². The number of aromatic nitrogens is 1. The Balaban J connectivity index is 2.71. The smallest absolute Gasteiger partial charge is 0.188 e. The van der Waals surface area contributed by atoms with E-state index in [1.807, 2.05) is 0 Å². The lowest BCUT2D eigenvalue weighted by Crippen LogP contribution is -1.91. The minimum absolute atomic E-state index is 0.0534. The van der Waals surface area contributed by atoms with Gasteiger partial charge in [-0.1, -0.05) is 0 Å². The highest BCUT2D eigenvalue weighted by atomic mass is 32.1. The molecule has 10 heavy (non-hydrogen) atoms. The molecule has 0 atom stereocenters. The lowest BCUT2D eigenvalue weighted by atomic mass is 10.3. The molecular weight excluding hydrogens is 148 g/mol. The quantitative estimate of drug-likeness (QED) is 0.599. The van der Waals surface area contributed by atoms with Gasteiger partial charge in [-0.3, -0.25) is 4.79 Å². The second-order valence-corrected chi connectivity index (χ2v) is 2.47. The van der Waals surface area contributed by atoms with Crippen LogP contribution in [0.2, 0.25) is 0 Å². The van der Waals surface area contributed by atoms with Gasteiger partial charge in [-0.25, -0.2) is 4.37 Å². The summed E-state index contributed by atoms with van der Waals surface area (Å²) in [6, 6.07) is 3.40. The fraction of sp³-hybridized carbons (Fsp3) is 0.167. The lowest BCUT2D eigenvalue weighted by molar-refractivity contribution is 0.100. The summed E-state index contributed by atoms with van der Waals surface area (Å²) in [4.78, 5) is 11.4. The SMILES string of the molecule is N#CCC(=O)c1ccns1. The van der Waals surface area contributed by atoms with Gasteiger partial charge >= 0.3 is 0 Å². The second-order valence-electron chi connectivity index (χ2n) is 1.63. The van der Waals surface area contributed by atoms with Crippen molar-refractivity contribution in [3.8, 4) is 6.07 Å². The van der Waals surface area contributed by atoms with E-state index in [1.165, 1.54) is 0 Å². The van der Waals surface area contributed by atoms with Gasteiger partial charge < -0.3 is 0 Å². The van der Waals surface area contributed by atoms with Gasteiger partial charge in [0.15, 0.2) is 5.78 Å². The van der Waals surface area contributed by atoms with Gasteiger partial charge in [0.25, 0.3) is 0 Å². The van der Waals surface area contributed by atoms with Gasteiger partial charge in [0.1, 0.15) is 0 Å². The number of hydrogen-bond donors (Lipinski definition) is 0. The van der Waals surface area contributed by atoms with Crippen molar-refractivity contribution in [2.24, 2.45) is 0 Å². The van der Waals surface area contributed by atoms with E-state index in [1.54, 1.807) is 18.3 Å². The zero-order valence-corrected chi connectivity index (χ0v) is 5.89. The van der Waals surface area contributed by atoms with Gasteiger partial charge in [-0.05, 0) is 17.6 Å². The first-order chi connectivity index (χ1) is 4.84. The molecule has 0 N–H and O–H groups in total. The minimum Gasteiger partial charge on any atom is -0.292 e. The second kappa shape index (κ2) is 3.08. The molecule has 3 nitrogen and oxygen atoms in total. The van der Waals surface area contributed by atoms with E-state index in [0.29, 0.717) is 4.88 Å². The Morgan fingerprint density at radius 1 is 1.90 bits per heavy atom. The van der Waals surface area contributed by atoms with Crippen LogP contribution in [0.3, 0.4) is 0 Å². The third kappa shape index (κ3) is 1.39. The normalized spacial score (nSPS) is 8.70. The third-order valence-corrected chi connectivity index (χ3v) is 1.74. The van der Waals surface area contributed by atoms with Gasteiger partial charge in [0, 0.05) is 6.20 Å². The number of carbonyl (C=O) groups excluding carboxylic acids is 1. The molecule has 0 unspecified atom stereocenters. The number of Topliss-reactive ketones (excluding diaryl/α,β-unsaturated/α-hetero) is 1. The molecule has 1 aromatic rings. The van der Waals surface area contributed by atoms with Gasteiger partial charge in [0.2, 0.25) is 0 Å². The molecule has 1 aromatic heterocycles. The Kier molecular flexibility index (Phi) is 2.13. The molecule has 0 spiro atoms. The summed E-state index contributed by atoms with van der Waals surface area (Å²) in [5.41, 5.74) is 0. The maximum Gasteiger partial charge on any atom is 0.188 e. The van der Waals surface area contributed by atoms with Crippen LogP contribution in [0.5, 0.6) is 0 Å². The lowest BCUT2D eigenvalue weighted by Gasteiger charge is -1.83. The molecule has 50 valence electrons. The van der Waals surface area contributed by atoms with Crippen molar-refractivity contribution in [1.29, 1.82) is 5.26 Å². The molecule has 4 heteroatoms. The highest BCUT2D eigenvalue weighted by Crippen LogP contribution is 2.06. The van der Waals surface area contributed by atoms with Crippen molar-refractivity contribution in [1.82, 2.24) is 4.37 Å². The molecule has 0 bridgehead atoms. The third-order valence-electron chi connectivity index (χ3n) is 0.952. The van der Waals surface area contributed by atoms with E-state index in [9.17, 15) is 4.79 Å². The summed E-state index contributed by atoms with van der Waals surface area (Å²) in [5, 5.41) is 8.15. The molecular formula is C6H4N2OS. The minimum atomic E-state index is -0.148. The summed E-state index contributed by atoms with van der Waals surface area (Å²) in [7, 11) is 0. The Hall–Kier alpha value is -1.21. The fourth-order valence-electron chi connectivity index (χ4n) is 0.519. The van der Waals surface area contributed by atoms with Crippen LogP contribution in [-0.2, 0) is 0 Å². The van der Waals surface area contributed by atoms with Crippen LogP contribution in [0.4, 0.5) is 0 Å². The molecule has 0 saturated heterocycles. The van der Waals surface area contributed by atoms with Gasteiger partial charge in [0.05, 0.1) is 17.4 Å². The topological polar surface area (TPSA) is 53.8 Å². The van der Waals surface area contributed by atoms with Crippen LogP contribution in [0.25, 0.3) is 0 Å². The van der Waals surface area contributed by atoms with Crippen molar-refractivity contribution in [3.63, 3.8) is 0 Å². The summed E-state index contributed by atoms with van der Waals surface area (Å²) in [6.45, 7) is 0. The van der Waals surface area contributed by atoms with Crippen molar-refractivity contribution in [3.05, 3.63) is 17.1 Å². The van der Waals surface area contributed by atoms with E-state index in [4.69, 9.17) is 5.26 Å². The fourth-order valence-corrected chi connectivity index (χ4v) is 1.05. The first-order valence-electron chi connectivity index (χ1n) is 2.65. The molecule has 0 aromatic carbocycles. The average molecular weight is 152 g/mol. The first kappa shape index (κ1) is 6.90. The molecule has 0 radical (unpaired) electrons. The van der Waals surface area contributed by atoms with Crippen LogP contribution in [0.1, 0.15) is 16.1 Å². The average Bonchev–Trinajstić information content (AvgIpc) is 2.38. The van der Waals surface area contributed by atoms with E-state index in [-0.39, 0.29) is 12.2 Å². The van der Waals surface area contributed by atoms with Crippen LogP contribution >= 0.6 is 11.5 Å². The summed E-state index contributed by atoms with van der Waals surface area (Å²) in [5.74, 6) is -0.148. The Morgan fingerprint density at radius 3 is 3.20 bits per heavy atom. The number of ketones is 1. The maximum absolute atomic E-state index is 10.9. The van der Waals surface area contributed by atoms with Crippen LogP contribution in [0, 0.1) is 11.3 Å². The number of hydrogen-bond acceptors (Lipinski definition) is 4. The van der Waals surface area contributed by atoms with Crippen molar-refractivity contribution < 1.29 is 4.79 Å². The predicted octanol–water partition coefficient (Wildman–Crippen LogP) is 1.24. The number of nitriles is 1. The number of nitrogens with zero attached hydrogens (tertiary/aromatic N) is 2. The molecule has 1 heterocycles. The highest BCUT2D eigenvalue weighted by molar-refractivity contribution is 7.08. The first-order valence-corrected chi connectivity index (χ1v) is 3.43.